The van der Waals surface area contributed by atoms with Crippen LogP contribution in [0.1, 0.15) is 19.2 Å². The minimum atomic E-state index is -0.631. The number of nitrogens with two attached hydrogens (primary N) is 1. The first kappa shape index (κ1) is 20.8. The number of benzene rings is 1. The van der Waals surface area contributed by atoms with Gasteiger partial charge >= 0.3 is 5.97 Å². The third-order valence-electron chi connectivity index (χ3n) is 4.30. The molecule has 0 radical (unpaired) electrons. The number of anilines is 1. The average molecular weight is 401 g/mol. The summed E-state index contributed by atoms with van der Waals surface area (Å²) in [7, 11) is 1.97. The Kier molecular flexibility index (Phi) is 8.00. The highest BCUT2D eigenvalue weighted by Gasteiger charge is 2.17. The van der Waals surface area contributed by atoms with Crippen LogP contribution < -0.4 is 10.6 Å². The first-order chi connectivity index (χ1) is 12.5. The number of aromatic nitrogens is 2. The molecule has 1 unspecified atom stereocenters. The number of imidazole rings is 1. The van der Waals surface area contributed by atoms with Crippen molar-refractivity contribution in [3.8, 4) is 0 Å². The first-order valence-electron chi connectivity index (χ1n) is 8.76. The van der Waals surface area contributed by atoms with Gasteiger partial charge in [-0.05, 0) is 31.5 Å². The van der Waals surface area contributed by atoms with Crippen molar-refractivity contribution in [3.05, 3.63) is 24.0 Å². The molecule has 8 heteroatoms. The maximum absolute atomic E-state index is 11.7. The number of hydrogen-bond acceptors (Lipinski definition) is 5. The molecule has 0 aliphatic rings. The summed E-state index contributed by atoms with van der Waals surface area (Å²) in [6.07, 6.45) is 1.10. The van der Waals surface area contributed by atoms with Gasteiger partial charge in [0.1, 0.15) is 11.9 Å². The minimum Gasteiger partial charge on any atom is -0.465 e. The molecular weight excluding hydrogens is 375 g/mol. The van der Waals surface area contributed by atoms with Gasteiger partial charge in [0.25, 0.3) is 0 Å². The van der Waals surface area contributed by atoms with Gasteiger partial charge in [-0.25, -0.2) is 4.98 Å². The van der Waals surface area contributed by atoms with Crippen molar-refractivity contribution in [3.63, 3.8) is 0 Å². The Hall–Kier alpha value is -1.50. The van der Waals surface area contributed by atoms with Crippen molar-refractivity contribution >= 4 is 45.9 Å². The fourth-order valence-corrected chi connectivity index (χ4v) is 3.29. The molecule has 0 aliphatic carbocycles. The molecule has 2 rings (SSSR count). The lowest BCUT2D eigenvalue weighted by Gasteiger charge is -2.22. The number of fused-ring (bicyclic) bond motifs is 1. The zero-order valence-electron chi connectivity index (χ0n) is 15.3. The molecule has 0 spiro atoms. The molecule has 1 heterocycles. The number of aryl methyl sites for hydroxylation is 2. The summed E-state index contributed by atoms with van der Waals surface area (Å²) in [5, 5.41) is 0. The standard InChI is InChI=1S/C18H26Cl2N4O2/c1-3-26-18(25)14(21)5-7-17-22-15-12-13(4-6-16(15)23(17)2)24(10-8-19)11-9-20/h4,6,12,14H,3,5,7-11,21H2,1-2H3. The maximum atomic E-state index is 11.7. The van der Waals surface area contributed by atoms with Crippen LogP contribution in [-0.4, -0.2) is 53.0 Å². The Morgan fingerprint density at radius 2 is 2.04 bits per heavy atom. The third-order valence-corrected chi connectivity index (χ3v) is 4.64. The van der Waals surface area contributed by atoms with Gasteiger partial charge in [0.05, 0.1) is 17.6 Å². The molecule has 0 bridgehead atoms. The van der Waals surface area contributed by atoms with Crippen molar-refractivity contribution in [1.82, 2.24) is 9.55 Å². The summed E-state index contributed by atoms with van der Waals surface area (Å²) in [4.78, 5) is 18.5. The Balaban J connectivity index is 2.17. The molecular formula is C18H26Cl2N4O2. The highest BCUT2D eigenvalue weighted by atomic mass is 35.5. The highest BCUT2D eigenvalue weighted by molar-refractivity contribution is 6.18. The zero-order valence-corrected chi connectivity index (χ0v) is 16.8. The van der Waals surface area contributed by atoms with E-state index in [1.54, 1.807) is 6.92 Å². The van der Waals surface area contributed by atoms with Crippen molar-refractivity contribution in [2.75, 3.05) is 36.4 Å². The summed E-state index contributed by atoms with van der Waals surface area (Å²) < 4.78 is 6.98. The van der Waals surface area contributed by atoms with Gasteiger partial charge in [-0.3, -0.25) is 4.79 Å². The first-order valence-corrected chi connectivity index (χ1v) is 9.83. The van der Waals surface area contributed by atoms with Gasteiger partial charge in [-0.1, -0.05) is 0 Å². The van der Waals surface area contributed by atoms with Gasteiger partial charge in [-0.2, -0.15) is 0 Å². The molecule has 0 saturated carbocycles. The van der Waals surface area contributed by atoms with E-state index >= 15 is 0 Å². The fraction of sp³-hybridized carbons (Fsp3) is 0.556. The van der Waals surface area contributed by atoms with Gasteiger partial charge < -0.3 is 19.9 Å². The van der Waals surface area contributed by atoms with Crippen LogP contribution in [0.25, 0.3) is 11.0 Å². The van der Waals surface area contributed by atoms with E-state index in [0.29, 0.717) is 31.2 Å². The molecule has 0 amide bonds. The van der Waals surface area contributed by atoms with E-state index in [1.807, 2.05) is 23.7 Å². The highest BCUT2D eigenvalue weighted by Crippen LogP contribution is 2.23. The number of alkyl halides is 2. The topological polar surface area (TPSA) is 73.4 Å². The predicted molar refractivity (Wildman–Crippen MR) is 107 cm³/mol. The quantitative estimate of drug-likeness (QED) is 0.490. The van der Waals surface area contributed by atoms with Gasteiger partial charge in [0.2, 0.25) is 0 Å². The Bertz CT molecular complexity index is 729. The lowest BCUT2D eigenvalue weighted by Crippen LogP contribution is -2.33. The summed E-state index contributed by atoms with van der Waals surface area (Å²) in [6, 6.07) is 5.51. The van der Waals surface area contributed by atoms with E-state index < -0.39 is 6.04 Å². The smallest absolute Gasteiger partial charge is 0.322 e. The number of esters is 1. The number of rotatable bonds is 10. The molecule has 1 aromatic carbocycles. The monoisotopic (exact) mass is 400 g/mol. The number of carbonyl (C=O) groups is 1. The average Bonchev–Trinajstić information content (AvgIpc) is 2.95. The van der Waals surface area contributed by atoms with Crippen LogP contribution >= 0.6 is 23.2 Å². The van der Waals surface area contributed by atoms with Gasteiger partial charge in [0, 0.05) is 44.0 Å². The second-order valence-electron chi connectivity index (χ2n) is 6.02. The molecule has 1 aromatic heterocycles. The van der Waals surface area contributed by atoms with Crippen LogP contribution in [0.3, 0.4) is 0 Å². The number of carbonyl (C=O) groups excluding carboxylic acids is 1. The Morgan fingerprint density at radius 1 is 1.35 bits per heavy atom. The van der Waals surface area contributed by atoms with Crippen LogP contribution in [0.4, 0.5) is 5.69 Å². The van der Waals surface area contributed by atoms with Crippen molar-refractivity contribution < 1.29 is 9.53 Å². The van der Waals surface area contributed by atoms with E-state index in [2.05, 4.69) is 11.0 Å². The SMILES string of the molecule is CCOC(=O)C(N)CCc1nc2cc(N(CCCl)CCCl)ccc2n1C. The van der Waals surface area contributed by atoms with E-state index in [9.17, 15) is 4.79 Å². The molecule has 1 atom stereocenters. The number of ether oxygens (including phenoxy) is 1. The minimum absolute atomic E-state index is 0.336. The Labute approximate surface area is 164 Å². The van der Waals surface area contributed by atoms with Crippen molar-refractivity contribution in [2.24, 2.45) is 12.8 Å². The summed E-state index contributed by atoms with van der Waals surface area (Å²) in [5.74, 6) is 1.59. The van der Waals surface area contributed by atoms with Crippen LogP contribution in [0.5, 0.6) is 0 Å². The summed E-state index contributed by atoms with van der Waals surface area (Å²) >= 11 is 11.8. The molecule has 0 saturated heterocycles. The van der Waals surface area contributed by atoms with Crippen LogP contribution in [-0.2, 0) is 23.0 Å². The third kappa shape index (κ3) is 5.02. The molecule has 0 aliphatic heterocycles. The van der Waals surface area contributed by atoms with Crippen LogP contribution in [0.2, 0.25) is 0 Å². The second kappa shape index (κ2) is 10.00. The van der Waals surface area contributed by atoms with E-state index in [1.165, 1.54) is 0 Å². The fourth-order valence-electron chi connectivity index (χ4n) is 2.88. The maximum Gasteiger partial charge on any atom is 0.322 e. The van der Waals surface area contributed by atoms with E-state index in [4.69, 9.17) is 38.7 Å². The van der Waals surface area contributed by atoms with Gasteiger partial charge in [-0.15, -0.1) is 23.2 Å². The largest absolute Gasteiger partial charge is 0.465 e. The molecule has 6 nitrogen and oxygen atoms in total. The van der Waals surface area contributed by atoms with Crippen LogP contribution in [0, 0.1) is 0 Å². The molecule has 2 N–H and O–H groups in total. The molecule has 26 heavy (non-hydrogen) atoms. The van der Waals surface area contributed by atoms with Crippen molar-refractivity contribution in [2.45, 2.75) is 25.8 Å². The number of halogens is 2. The Morgan fingerprint density at radius 3 is 2.65 bits per heavy atom. The number of hydrogen-bond donors (Lipinski definition) is 1. The summed E-state index contributed by atoms with van der Waals surface area (Å²) in [5.41, 5.74) is 8.86. The van der Waals surface area contributed by atoms with Gasteiger partial charge in [0.15, 0.2) is 0 Å². The van der Waals surface area contributed by atoms with E-state index in [-0.39, 0.29) is 5.97 Å². The van der Waals surface area contributed by atoms with Crippen LogP contribution in [0.15, 0.2) is 18.2 Å². The molecule has 144 valence electrons. The number of nitrogens with zero attached hydrogens (tertiary/aromatic N) is 3. The lowest BCUT2D eigenvalue weighted by molar-refractivity contribution is -0.144. The zero-order chi connectivity index (χ0) is 19.1. The van der Waals surface area contributed by atoms with E-state index in [0.717, 1.165) is 35.6 Å². The normalized spacial score (nSPS) is 12.3. The second-order valence-corrected chi connectivity index (χ2v) is 6.78. The van der Waals surface area contributed by atoms with Crippen molar-refractivity contribution in [1.29, 1.82) is 0 Å². The lowest BCUT2D eigenvalue weighted by atomic mass is 10.1. The summed E-state index contributed by atoms with van der Waals surface area (Å²) in [6.45, 7) is 3.57. The predicted octanol–water partition coefficient (Wildman–Crippen LogP) is 2.68. The molecule has 0 fully saturated rings. The molecule has 2 aromatic rings.